The van der Waals surface area contributed by atoms with Gasteiger partial charge in [-0.2, -0.15) is 0 Å². The average molecular weight is 255 g/mol. The predicted molar refractivity (Wildman–Crippen MR) is 65.0 cm³/mol. The Hall–Kier alpha value is -1.10. The van der Waals surface area contributed by atoms with Gasteiger partial charge >= 0.3 is 5.97 Å². The molecule has 0 unspecified atom stereocenters. The molecular weight excluding hydrogens is 234 g/mol. The minimum atomic E-state index is -0.856. The molecule has 0 spiro atoms. The first-order chi connectivity index (χ1) is 8.39. The van der Waals surface area contributed by atoms with E-state index in [1.165, 1.54) is 0 Å². The molecule has 0 aromatic rings. The maximum atomic E-state index is 12.3. The number of carboxylic acids is 1. The Morgan fingerprint density at radius 3 is 2.17 bits per heavy atom. The lowest BCUT2D eigenvalue weighted by atomic mass is 10.1. The molecule has 0 aromatic heterocycles. The van der Waals surface area contributed by atoms with E-state index < -0.39 is 17.3 Å². The fourth-order valence-corrected chi connectivity index (χ4v) is 3.07. The van der Waals surface area contributed by atoms with Crippen LogP contribution in [0.4, 0.5) is 0 Å². The van der Waals surface area contributed by atoms with Gasteiger partial charge in [0.25, 0.3) is 0 Å². The van der Waals surface area contributed by atoms with Crippen LogP contribution in [0, 0.1) is 17.3 Å². The Morgan fingerprint density at radius 2 is 1.78 bits per heavy atom. The lowest BCUT2D eigenvalue weighted by Gasteiger charge is -2.31. The van der Waals surface area contributed by atoms with Crippen LogP contribution >= 0.6 is 0 Å². The second kappa shape index (κ2) is 4.53. The highest BCUT2D eigenvalue weighted by Crippen LogP contribution is 2.59. The number of rotatable bonds is 3. The van der Waals surface area contributed by atoms with Crippen LogP contribution in [0.3, 0.4) is 0 Å². The van der Waals surface area contributed by atoms with Crippen molar-refractivity contribution >= 4 is 11.9 Å². The highest BCUT2D eigenvalue weighted by Gasteiger charge is 2.66. The molecule has 1 amide bonds. The van der Waals surface area contributed by atoms with Gasteiger partial charge in [-0.15, -0.1) is 0 Å². The first-order valence-corrected chi connectivity index (χ1v) is 6.44. The average Bonchev–Trinajstić information content (AvgIpc) is 2.92. The van der Waals surface area contributed by atoms with Crippen molar-refractivity contribution in [3.05, 3.63) is 0 Å². The molecule has 5 nitrogen and oxygen atoms in total. The molecule has 1 N–H and O–H groups in total. The van der Waals surface area contributed by atoms with E-state index in [9.17, 15) is 9.59 Å². The maximum absolute atomic E-state index is 12.3. The van der Waals surface area contributed by atoms with Crippen molar-refractivity contribution in [3.63, 3.8) is 0 Å². The van der Waals surface area contributed by atoms with E-state index in [-0.39, 0.29) is 17.9 Å². The van der Waals surface area contributed by atoms with Crippen molar-refractivity contribution in [2.24, 2.45) is 17.3 Å². The van der Waals surface area contributed by atoms with E-state index in [0.717, 1.165) is 12.8 Å². The van der Waals surface area contributed by atoms with E-state index in [1.54, 1.807) is 12.0 Å². The minimum absolute atomic E-state index is 0.00181. The van der Waals surface area contributed by atoms with Crippen molar-refractivity contribution in [2.45, 2.75) is 32.8 Å². The van der Waals surface area contributed by atoms with E-state index >= 15 is 0 Å². The molecule has 102 valence electrons. The fourth-order valence-electron chi connectivity index (χ4n) is 3.07. The van der Waals surface area contributed by atoms with Crippen LogP contribution in [-0.2, 0) is 14.3 Å². The lowest BCUT2D eigenvalue weighted by molar-refractivity contribution is -0.142. The van der Waals surface area contributed by atoms with Gasteiger partial charge in [-0.3, -0.25) is 9.59 Å². The summed E-state index contributed by atoms with van der Waals surface area (Å²) in [6.07, 6.45) is 1.91. The Kier molecular flexibility index (Phi) is 3.36. The Morgan fingerprint density at radius 1 is 1.22 bits per heavy atom. The molecule has 1 heterocycles. The van der Waals surface area contributed by atoms with Crippen LogP contribution < -0.4 is 0 Å². The molecule has 1 saturated heterocycles. The molecule has 0 radical (unpaired) electrons. The second-order valence-electron chi connectivity index (χ2n) is 5.88. The third kappa shape index (κ3) is 2.11. The number of amides is 1. The molecule has 1 aliphatic carbocycles. The van der Waals surface area contributed by atoms with Crippen molar-refractivity contribution in [3.8, 4) is 0 Å². The molecule has 1 aliphatic heterocycles. The number of methoxy groups -OCH3 is 1. The summed E-state index contributed by atoms with van der Waals surface area (Å²) in [7, 11) is 1.69. The highest BCUT2D eigenvalue weighted by molar-refractivity contribution is 5.91. The number of aliphatic carboxylic acids is 1. The van der Waals surface area contributed by atoms with Crippen LogP contribution in [0.1, 0.15) is 26.7 Å². The number of piperidine rings is 1. The number of ether oxygens (including phenoxy) is 1. The molecule has 0 aromatic carbocycles. The third-order valence-electron chi connectivity index (χ3n) is 4.45. The third-order valence-corrected chi connectivity index (χ3v) is 4.45. The number of nitrogens with zero attached hydrogens (tertiary/aromatic N) is 1. The summed E-state index contributed by atoms with van der Waals surface area (Å²) in [6.45, 7) is 5.07. The summed E-state index contributed by atoms with van der Waals surface area (Å²) in [5.74, 6) is -1.73. The van der Waals surface area contributed by atoms with Crippen LogP contribution in [0.2, 0.25) is 0 Å². The quantitative estimate of drug-likeness (QED) is 0.816. The van der Waals surface area contributed by atoms with Gasteiger partial charge in [0.15, 0.2) is 0 Å². The molecule has 2 fully saturated rings. The summed E-state index contributed by atoms with van der Waals surface area (Å²) in [5, 5.41) is 9.10. The zero-order valence-electron chi connectivity index (χ0n) is 11.2. The summed E-state index contributed by atoms with van der Waals surface area (Å²) < 4.78 is 5.26. The van der Waals surface area contributed by atoms with Gasteiger partial charge in [-0.05, 0) is 18.3 Å². The van der Waals surface area contributed by atoms with Gasteiger partial charge in [0.05, 0.1) is 17.9 Å². The minimum Gasteiger partial charge on any atom is -0.481 e. The lowest BCUT2D eigenvalue weighted by Crippen LogP contribution is -2.42. The van der Waals surface area contributed by atoms with Crippen molar-refractivity contribution in [1.82, 2.24) is 4.90 Å². The molecule has 2 aliphatic rings. The van der Waals surface area contributed by atoms with Crippen LogP contribution in [0.25, 0.3) is 0 Å². The first kappa shape index (κ1) is 13.3. The predicted octanol–water partition coefficient (Wildman–Crippen LogP) is 0.981. The number of carbonyl (C=O) groups is 2. The van der Waals surface area contributed by atoms with Gasteiger partial charge in [-0.25, -0.2) is 0 Å². The normalized spacial score (nSPS) is 31.2. The molecule has 1 saturated carbocycles. The summed E-state index contributed by atoms with van der Waals surface area (Å²) in [5.41, 5.74) is -0.402. The van der Waals surface area contributed by atoms with Crippen LogP contribution in [0.15, 0.2) is 0 Å². The number of carboxylic acid groups (broad SMARTS) is 1. The van der Waals surface area contributed by atoms with E-state index in [2.05, 4.69) is 0 Å². The van der Waals surface area contributed by atoms with E-state index in [1.807, 2.05) is 13.8 Å². The van der Waals surface area contributed by atoms with Gasteiger partial charge in [-0.1, -0.05) is 13.8 Å². The molecular formula is C13H21NO4. The SMILES string of the molecule is COC1CCN(C(=O)[C@H]2[C@@H](C(=O)O)C2(C)C)CC1. The number of hydrogen-bond donors (Lipinski definition) is 1. The Bertz CT molecular complexity index is 358. The summed E-state index contributed by atoms with van der Waals surface area (Å²) >= 11 is 0. The molecule has 0 bridgehead atoms. The van der Waals surface area contributed by atoms with Crippen LogP contribution in [0.5, 0.6) is 0 Å². The van der Waals surface area contributed by atoms with Gasteiger partial charge in [0, 0.05) is 20.2 Å². The topological polar surface area (TPSA) is 66.8 Å². The van der Waals surface area contributed by atoms with Gasteiger partial charge in [0.2, 0.25) is 5.91 Å². The van der Waals surface area contributed by atoms with Gasteiger partial charge in [0.1, 0.15) is 0 Å². The maximum Gasteiger partial charge on any atom is 0.307 e. The largest absolute Gasteiger partial charge is 0.481 e. The molecule has 2 atom stereocenters. The molecule has 18 heavy (non-hydrogen) atoms. The van der Waals surface area contributed by atoms with Gasteiger partial charge < -0.3 is 14.7 Å². The number of likely N-dealkylation sites (tertiary alicyclic amines) is 1. The summed E-state index contributed by atoms with van der Waals surface area (Å²) in [6, 6.07) is 0. The van der Waals surface area contributed by atoms with Crippen LogP contribution in [-0.4, -0.2) is 48.2 Å². The number of hydrogen-bond acceptors (Lipinski definition) is 3. The Balaban J connectivity index is 1.96. The second-order valence-corrected chi connectivity index (χ2v) is 5.88. The van der Waals surface area contributed by atoms with Crippen molar-refractivity contribution in [1.29, 1.82) is 0 Å². The van der Waals surface area contributed by atoms with Crippen molar-refractivity contribution < 1.29 is 19.4 Å². The van der Waals surface area contributed by atoms with E-state index in [4.69, 9.17) is 9.84 Å². The zero-order chi connectivity index (χ0) is 13.5. The number of carbonyl (C=O) groups excluding carboxylic acids is 1. The molecule has 5 heteroatoms. The standard InChI is InChI=1S/C13H21NO4/c1-13(2)9(10(13)12(16)17)11(15)14-6-4-8(18-3)5-7-14/h8-10H,4-7H2,1-3H3,(H,16,17)/t9-,10+/m1/s1. The highest BCUT2D eigenvalue weighted by atomic mass is 16.5. The Labute approximate surface area is 107 Å². The summed E-state index contributed by atoms with van der Waals surface area (Å²) in [4.78, 5) is 25.2. The fraction of sp³-hybridized carbons (Fsp3) is 0.846. The molecule has 2 rings (SSSR count). The monoisotopic (exact) mass is 255 g/mol. The smallest absolute Gasteiger partial charge is 0.307 e. The van der Waals surface area contributed by atoms with E-state index in [0.29, 0.717) is 13.1 Å². The first-order valence-electron chi connectivity index (χ1n) is 6.44. The van der Waals surface area contributed by atoms with Crippen molar-refractivity contribution in [2.75, 3.05) is 20.2 Å². The zero-order valence-corrected chi connectivity index (χ0v) is 11.2.